The standard InChI is InChI=1S/C26H36N4O2/c1-5-21-10-6-7-12-23(21)27-24(31)17-29-13-15-30(16-14-29)18-25(32)28-26-20(4)9-8-11-22(26)19(2)3/h6-12,19H,5,13-18H2,1-4H3,(H,27,31)(H,28,32). The van der Waals surface area contributed by atoms with Crippen LogP contribution in [-0.2, 0) is 16.0 Å². The molecule has 0 bridgehead atoms. The van der Waals surface area contributed by atoms with E-state index in [9.17, 15) is 9.59 Å². The van der Waals surface area contributed by atoms with Crippen LogP contribution in [0.2, 0.25) is 0 Å². The first-order valence-corrected chi connectivity index (χ1v) is 11.6. The molecule has 6 nitrogen and oxygen atoms in total. The Kier molecular flexibility index (Phi) is 8.42. The van der Waals surface area contributed by atoms with Crippen molar-refractivity contribution in [3.8, 4) is 0 Å². The smallest absolute Gasteiger partial charge is 0.238 e. The molecule has 3 rings (SSSR count). The Morgan fingerprint density at radius 2 is 1.47 bits per heavy atom. The predicted molar refractivity (Wildman–Crippen MR) is 131 cm³/mol. The number of carbonyl (C=O) groups is 2. The number of hydrogen-bond acceptors (Lipinski definition) is 4. The summed E-state index contributed by atoms with van der Waals surface area (Å²) in [6, 6.07) is 14.1. The zero-order valence-corrected chi connectivity index (χ0v) is 19.8. The Labute approximate surface area is 192 Å². The third kappa shape index (κ3) is 6.40. The van der Waals surface area contributed by atoms with Gasteiger partial charge in [-0.1, -0.05) is 57.2 Å². The van der Waals surface area contributed by atoms with E-state index >= 15 is 0 Å². The maximum atomic E-state index is 12.7. The van der Waals surface area contributed by atoms with Crippen molar-refractivity contribution in [1.82, 2.24) is 9.80 Å². The Morgan fingerprint density at radius 1 is 0.875 bits per heavy atom. The predicted octanol–water partition coefficient (Wildman–Crippen LogP) is 3.88. The average Bonchev–Trinajstić information content (AvgIpc) is 2.76. The van der Waals surface area contributed by atoms with Crippen molar-refractivity contribution in [2.45, 2.75) is 40.0 Å². The van der Waals surface area contributed by atoms with Crippen LogP contribution in [0.25, 0.3) is 0 Å². The molecule has 6 heteroatoms. The van der Waals surface area contributed by atoms with Crippen molar-refractivity contribution < 1.29 is 9.59 Å². The van der Waals surface area contributed by atoms with Crippen LogP contribution in [0.1, 0.15) is 43.4 Å². The zero-order chi connectivity index (χ0) is 23.1. The van der Waals surface area contributed by atoms with E-state index in [1.54, 1.807) is 0 Å². The molecule has 1 saturated heterocycles. The van der Waals surface area contributed by atoms with E-state index in [0.717, 1.165) is 55.1 Å². The molecule has 0 spiro atoms. The van der Waals surface area contributed by atoms with Crippen LogP contribution >= 0.6 is 0 Å². The van der Waals surface area contributed by atoms with E-state index in [0.29, 0.717) is 19.0 Å². The lowest BCUT2D eigenvalue weighted by Gasteiger charge is -2.34. The van der Waals surface area contributed by atoms with Gasteiger partial charge in [0.2, 0.25) is 11.8 Å². The van der Waals surface area contributed by atoms with Gasteiger partial charge in [0.05, 0.1) is 13.1 Å². The highest BCUT2D eigenvalue weighted by molar-refractivity contribution is 5.94. The van der Waals surface area contributed by atoms with Crippen molar-refractivity contribution in [2.75, 3.05) is 49.9 Å². The Bertz CT molecular complexity index is 933. The van der Waals surface area contributed by atoms with Crippen LogP contribution in [0.3, 0.4) is 0 Å². The van der Waals surface area contributed by atoms with Crippen LogP contribution in [0.5, 0.6) is 0 Å². The van der Waals surface area contributed by atoms with E-state index in [1.807, 2.05) is 43.3 Å². The molecule has 1 heterocycles. The Balaban J connectivity index is 1.46. The van der Waals surface area contributed by atoms with E-state index in [-0.39, 0.29) is 11.8 Å². The number of aryl methyl sites for hydroxylation is 2. The lowest BCUT2D eigenvalue weighted by Crippen LogP contribution is -2.50. The van der Waals surface area contributed by atoms with E-state index < -0.39 is 0 Å². The number of para-hydroxylation sites is 2. The van der Waals surface area contributed by atoms with Crippen LogP contribution < -0.4 is 10.6 Å². The molecular weight excluding hydrogens is 400 g/mol. The van der Waals surface area contributed by atoms with Gasteiger partial charge in [-0.25, -0.2) is 0 Å². The van der Waals surface area contributed by atoms with E-state index in [2.05, 4.69) is 47.3 Å². The zero-order valence-electron chi connectivity index (χ0n) is 19.8. The molecule has 1 fully saturated rings. The molecular formula is C26H36N4O2. The number of carbonyl (C=O) groups excluding carboxylic acids is 2. The summed E-state index contributed by atoms with van der Waals surface area (Å²) in [5.74, 6) is 0.380. The van der Waals surface area contributed by atoms with Gasteiger partial charge >= 0.3 is 0 Å². The van der Waals surface area contributed by atoms with Crippen LogP contribution in [-0.4, -0.2) is 60.9 Å². The van der Waals surface area contributed by atoms with Gasteiger partial charge in [0.1, 0.15) is 0 Å². The highest BCUT2D eigenvalue weighted by atomic mass is 16.2. The molecule has 2 amide bonds. The molecule has 0 saturated carbocycles. The summed E-state index contributed by atoms with van der Waals surface area (Å²) in [6.45, 7) is 12.2. The van der Waals surface area contributed by atoms with Gasteiger partial charge in [-0.05, 0) is 42.0 Å². The number of nitrogens with zero attached hydrogens (tertiary/aromatic N) is 2. The molecule has 172 valence electrons. The second-order valence-electron chi connectivity index (χ2n) is 8.85. The number of piperazine rings is 1. The summed E-state index contributed by atoms with van der Waals surface area (Å²) in [6.07, 6.45) is 0.887. The number of hydrogen-bond donors (Lipinski definition) is 2. The van der Waals surface area contributed by atoms with Gasteiger partial charge in [-0.3, -0.25) is 19.4 Å². The van der Waals surface area contributed by atoms with Crippen molar-refractivity contribution in [2.24, 2.45) is 0 Å². The fraction of sp³-hybridized carbons (Fsp3) is 0.462. The van der Waals surface area contributed by atoms with Gasteiger partial charge in [-0.15, -0.1) is 0 Å². The lowest BCUT2D eigenvalue weighted by molar-refractivity contribution is -0.120. The molecule has 32 heavy (non-hydrogen) atoms. The fourth-order valence-electron chi connectivity index (χ4n) is 4.17. The first-order chi connectivity index (χ1) is 15.4. The van der Waals surface area contributed by atoms with Gasteiger partial charge < -0.3 is 10.6 Å². The maximum absolute atomic E-state index is 12.7. The molecule has 0 aliphatic carbocycles. The number of anilines is 2. The third-order valence-corrected chi connectivity index (χ3v) is 6.06. The largest absolute Gasteiger partial charge is 0.325 e. The number of rotatable bonds is 8. The van der Waals surface area contributed by atoms with Crippen molar-refractivity contribution in [1.29, 1.82) is 0 Å². The molecule has 2 aromatic carbocycles. The first kappa shape index (κ1) is 24.0. The summed E-state index contributed by atoms with van der Waals surface area (Å²) in [5.41, 5.74) is 5.23. The monoisotopic (exact) mass is 436 g/mol. The molecule has 0 aromatic heterocycles. The maximum Gasteiger partial charge on any atom is 0.238 e. The summed E-state index contributed by atoms with van der Waals surface area (Å²) in [7, 11) is 0. The minimum atomic E-state index is 0.0119. The molecule has 0 atom stereocenters. The minimum Gasteiger partial charge on any atom is -0.325 e. The van der Waals surface area contributed by atoms with Crippen molar-refractivity contribution in [3.63, 3.8) is 0 Å². The summed E-state index contributed by atoms with van der Waals surface area (Å²) in [5, 5.41) is 6.17. The number of amides is 2. The molecule has 0 radical (unpaired) electrons. The molecule has 2 aromatic rings. The SMILES string of the molecule is CCc1ccccc1NC(=O)CN1CCN(CC(=O)Nc2c(C)cccc2C(C)C)CC1. The van der Waals surface area contributed by atoms with E-state index in [4.69, 9.17) is 0 Å². The Hall–Kier alpha value is -2.70. The average molecular weight is 437 g/mol. The van der Waals surface area contributed by atoms with Gasteiger partial charge in [0.25, 0.3) is 0 Å². The van der Waals surface area contributed by atoms with E-state index in [1.165, 1.54) is 5.56 Å². The molecule has 1 aliphatic heterocycles. The quantitative estimate of drug-likeness (QED) is 0.659. The summed E-state index contributed by atoms with van der Waals surface area (Å²) in [4.78, 5) is 29.5. The van der Waals surface area contributed by atoms with Crippen LogP contribution in [0.4, 0.5) is 11.4 Å². The van der Waals surface area contributed by atoms with Crippen molar-refractivity contribution >= 4 is 23.2 Å². The van der Waals surface area contributed by atoms with Crippen LogP contribution in [0.15, 0.2) is 42.5 Å². The number of benzene rings is 2. The fourth-order valence-corrected chi connectivity index (χ4v) is 4.17. The minimum absolute atomic E-state index is 0.0119. The normalized spacial score (nSPS) is 15.0. The van der Waals surface area contributed by atoms with Gasteiger partial charge in [0.15, 0.2) is 0 Å². The summed E-state index contributed by atoms with van der Waals surface area (Å²) < 4.78 is 0. The summed E-state index contributed by atoms with van der Waals surface area (Å²) >= 11 is 0. The molecule has 2 N–H and O–H groups in total. The second-order valence-corrected chi connectivity index (χ2v) is 8.85. The van der Waals surface area contributed by atoms with Crippen LogP contribution in [0, 0.1) is 6.92 Å². The second kappa shape index (κ2) is 11.2. The number of nitrogens with one attached hydrogen (secondary N) is 2. The third-order valence-electron chi connectivity index (χ3n) is 6.06. The topological polar surface area (TPSA) is 64.7 Å². The highest BCUT2D eigenvalue weighted by Crippen LogP contribution is 2.27. The van der Waals surface area contributed by atoms with Gasteiger partial charge in [-0.2, -0.15) is 0 Å². The highest BCUT2D eigenvalue weighted by Gasteiger charge is 2.21. The first-order valence-electron chi connectivity index (χ1n) is 11.6. The molecule has 1 aliphatic rings. The van der Waals surface area contributed by atoms with Crippen molar-refractivity contribution in [3.05, 3.63) is 59.2 Å². The Morgan fingerprint density at radius 3 is 2.06 bits per heavy atom. The molecule has 0 unspecified atom stereocenters. The van der Waals surface area contributed by atoms with Gasteiger partial charge in [0, 0.05) is 37.6 Å². The lowest BCUT2D eigenvalue weighted by atomic mass is 9.98.